The molecule has 82 valence electrons. The molecule has 0 aliphatic carbocycles. The number of halogens is 1. The van der Waals surface area contributed by atoms with Gasteiger partial charge in [0, 0.05) is 17.5 Å². The van der Waals surface area contributed by atoms with E-state index in [-0.39, 0.29) is 0 Å². The summed E-state index contributed by atoms with van der Waals surface area (Å²) in [5, 5.41) is 0.686. The van der Waals surface area contributed by atoms with Crippen molar-refractivity contribution in [3.8, 4) is 11.4 Å². The van der Waals surface area contributed by atoms with Gasteiger partial charge in [-0.15, -0.1) is 0 Å². The molecule has 0 spiro atoms. The maximum atomic E-state index is 6.10. The van der Waals surface area contributed by atoms with Gasteiger partial charge in [0.05, 0.1) is 5.02 Å². The fraction of sp³-hybridized carbons (Fsp3) is 0.231. The zero-order valence-corrected chi connectivity index (χ0v) is 10.1. The summed E-state index contributed by atoms with van der Waals surface area (Å²) in [6.45, 7) is 4.10. The van der Waals surface area contributed by atoms with E-state index in [0.717, 1.165) is 17.7 Å². The molecule has 1 aromatic heterocycles. The SMILES string of the molecule is CCc1cnc(-c2ccccc2Cl)nc1C. The van der Waals surface area contributed by atoms with Gasteiger partial charge in [-0.2, -0.15) is 0 Å². The summed E-state index contributed by atoms with van der Waals surface area (Å²) in [7, 11) is 0. The second-order valence-corrected chi connectivity index (χ2v) is 4.04. The highest BCUT2D eigenvalue weighted by Crippen LogP contribution is 2.24. The first kappa shape index (κ1) is 11.1. The fourth-order valence-electron chi connectivity index (χ4n) is 1.61. The van der Waals surface area contributed by atoms with E-state index in [9.17, 15) is 0 Å². The minimum Gasteiger partial charge on any atom is -0.236 e. The molecule has 0 atom stereocenters. The van der Waals surface area contributed by atoms with Crippen LogP contribution in [0.25, 0.3) is 11.4 Å². The third-order valence-corrected chi connectivity index (χ3v) is 2.91. The Labute approximate surface area is 100 Å². The van der Waals surface area contributed by atoms with E-state index in [1.807, 2.05) is 37.4 Å². The van der Waals surface area contributed by atoms with Crippen LogP contribution in [0.4, 0.5) is 0 Å². The van der Waals surface area contributed by atoms with Gasteiger partial charge in [-0.3, -0.25) is 0 Å². The number of hydrogen-bond acceptors (Lipinski definition) is 2. The second-order valence-electron chi connectivity index (χ2n) is 3.64. The van der Waals surface area contributed by atoms with Crippen molar-refractivity contribution in [2.75, 3.05) is 0 Å². The van der Waals surface area contributed by atoms with Crippen molar-refractivity contribution >= 4 is 11.6 Å². The molecular formula is C13H13ClN2. The molecule has 0 unspecified atom stereocenters. The number of aryl methyl sites for hydroxylation is 2. The molecule has 2 nitrogen and oxygen atoms in total. The van der Waals surface area contributed by atoms with Crippen molar-refractivity contribution in [3.63, 3.8) is 0 Å². The summed E-state index contributed by atoms with van der Waals surface area (Å²) in [5.74, 6) is 0.695. The van der Waals surface area contributed by atoms with Crippen LogP contribution >= 0.6 is 11.6 Å². The Balaban J connectivity index is 2.50. The molecule has 0 aliphatic heterocycles. The van der Waals surface area contributed by atoms with Crippen molar-refractivity contribution in [2.45, 2.75) is 20.3 Å². The minimum atomic E-state index is 0.686. The van der Waals surface area contributed by atoms with Crippen LogP contribution in [0.15, 0.2) is 30.5 Å². The average molecular weight is 233 g/mol. The van der Waals surface area contributed by atoms with E-state index in [0.29, 0.717) is 10.8 Å². The highest BCUT2D eigenvalue weighted by Gasteiger charge is 2.07. The lowest BCUT2D eigenvalue weighted by Crippen LogP contribution is -1.97. The molecule has 0 amide bonds. The Morgan fingerprint density at radius 3 is 2.62 bits per heavy atom. The Morgan fingerprint density at radius 2 is 2.00 bits per heavy atom. The van der Waals surface area contributed by atoms with Crippen molar-refractivity contribution in [2.24, 2.45) is 0 Å². The maximum absolute atomic E-state index is 6.10. The highest BCUT2D eigenvalue weighted by molar-refractivity contribution is 6.33. The van der Waals surface area contributed by atoms with Crippen LogP contribution in [0.5, 0.6) is 0 Å². The van der Waals surface area contributed by atoms with Crippen LogP contribution in [-0.2, 0) is 6.42 Å². The van der Waals surface area contributed by atoms with Gasteiger partial charge in [-0.05, 0) is 31.0 Å². The van der Waals surface area contributed by atoms with Gasteiger partial charge in [-0.1, -0.05) is 30.7 Å². The summed E-state index contributed by atoms with van der Waals surface area (Å²) in [4.78, 5) is 8.83. The van der Waals surface area contributed by atoms with E-state index >= 15 is 0 Å². The molecule has 1 aromatic carbocycles. The molecule has 3 heteroatoms. The van der Waals surface area contributed by atoms with Crippen LogP contribution in [0.1, 0.15) is 18.2 Å². The molecule has 0 aliphatic rings. The van der Waals surface area contributed by atoms with E-state index in [1.165, 1.54) is 5.56 Å². The van der Waals surface area contributed by atoms with E-state index in [1.54, 1.807) is 0 Å². The minimum absolute atomic E-state index is 0.686. The molecule has 16 heavy (non-hydrogen) atoms. The third kappa shape index (κ3) is 2.07. The summed E-state index contributed by atoms with van der Waals surface area (Å²) in [6, 6.07) is 7.62. The lowest BCUT2D eigenvalue weighted by Gasteiger charge is -2.06. The van der Waals surface area contributed by atoms with Crippen LogP contribution in [-0.4, -0.2) is 9.97 Å². The van der Waals surface area contributed by atoms with Crippen molar-refractivity contribution in [3.05, 3.63) is 46.7 Å². The lowest BCUT2D eigenvalue weighted by atomic mass is 10.1. The number of hydrogen-bond donors (Lipinski definition) is 0. The normalized spacial score (nSPS) is 10.4. The fourth-order valence-corrected chi connectivity index (χ4v) is 1.83. The van der Waals surface area contributed by atoms with Crippen molar-refractivity contribution in [1.29, 1.82) is 0 Å². The number of rotatable bonds is 2. The molecule has 0 fully saturated rings. The smallest absolute Gasteiger partial charge is 0.160 e. The first-order valence-corrected chi connectivity index (χ1v) is 5.67. The number of aromatic nitrogens is 2. The molecule has 0 saturated carbocycles. The van der Waals surface area contributed by atoms with Gasteiger partial charge in [0.2, 0.25) is 0 Å². The molecule has 0 saturated heterocycles. The zero-order valence-electron chi connectivity index (χ0n) is 9.37. The molecule has 0 radical (unpaired) electrons. The summed E-state index contributed by atoms with van der Waals surface area (Å²) in [5.41, 5.74) is 3.08. The second kappa shape index (κ2) is 4.62. The van der Waals surface area contributed by atoms with E-state index in [4.69, 9.17) is 11.6 Å². The number of benzene rings is 1. The van der Waals surface area contributed by atoms with Gasteiger partial charge in [0.25, 0.3) is 0 Å². The van der Waals surface area contributed by atoms with Crippen molar-refractivity contribution in [1.82, 2.24) is 9.97 Å². The monoisotopic (exact) mass is 232 g/mol. The van der Waals surface area contributed by atoms with E-state index in [2.05, 4.69) is 16.9 Å². The highest BCUT2D eigenvalue weighted by atomic mass is 35.5. The van der Waals surface area contributed by atoms with Crippen LogP contribution in [0.2, 0.25) is 5.02 Å². The topological polar surface area (TPSA) is 25.8 Å². The van der Waals surface area contributed by atoms with Crippen LogP contribution in [0, 0.1) is 6.92 Å². The Bertz CT molecular complexity index is 509. The molecular weight excluding hydrogens is 220 g/mol. The average Bonchev–Trinajstić information content (AvgIpc) is 2.29. The zero-order chi connectivity index (χ0) is 11.5. The molecule has 0 N–H and O–H groups in total. The summed E-state index contributed by atoms with van der Waals surface area (Å²) < 4.78 is 0. The van der Waals surface area contributed by atoms with Gasteiger partial charge in [0.15, 0.2) is 5.82 Å². The quantitative estimate of drug-likeness (QED) is 0.790. The maximum Gasteiger partial charge on any atom is 0.160 e. The predicted molar refractivity (Wildman–Crippen MR) is 66.6 cm³/mol. The van der Waals surface area contributed by atoms with E-state index < -0.39 is 0 Å². The molecule has 2 rings (SSSR count). The lowest BCUT2D eigenvalue weighted by molar-refractivity contribution is 1.00. The largest absolute Gasteiger partial charge is 0.236 e. The first-order chi connectivity index (χ1) is 7.72. The Morgan fingerprint density at radius 1 is 1.25 bits per heavy atom. The molecule has 1 heterocycles. The van der Waals surface area contributed by atoms with Gasteiger partial charge >= 0.3 is 0 Å². The summed E-state index contributed by atoms with van der Waals surface area (Å²) in [6.07, 6.45) is 2.83. The third-order valence-electron chi connectivity index (χ3n) is 2.58. The van der Waals surface area contributed by atoms with Gasteiger partial charge in [0.1, 0.15) is 0 Å². The van der Waals surface area contributed by atoms with Crippen molar-refractivity contribution < 1.29 is 0 Å². The van der Waals surface area contributed by atoms with Gasteiger partial charge < -0.3 is 0 Å². The summed E-state index contributed by atoms with van der Waals surface area (Å²) >= 11 is 6.10. The molecule has 0 bridgehead atoms. The van der Waals surface area contributed by atoms with Gasteiger partial charge in [-0.25, -0.2) is 9.97 Å². The standard InChI is InChI=1S/C13H13ClN2/c1-3-10-8-15-13(16-9(10)2)11-6-4-5-7-12(11)14/h4-8H,3H2,1-2H3. The first-order valence-electron chi connectivity index (χ1n) is 5.29. The Hall–Kier alpha value is -1.41. The van der Waals surface area contributed by atoms with Crippen LogP contribution < -0.4 is 0 Å². The predicted octanol–water partition coefficient (Wildman–Crippen LogP) is 3.67. The van der Waals surface area contributed by atoms with Crippen LogP contribution in [0.3, 0.4) is 0 Å². The Kier molecular flexibility index (Phi) is 3.20. The number of nitrogens with zero attached hydrogens (tertiary/aromatic N) is 2. The molecule has 2 aromatic rings.